The van der Waals surface area contributed by atoms with Crippen molar-refractivity contribution in [2.75, 3.05) is 49.5 Å². The zero-order chi connectivity index (χ0) is 22.3. The highest BCUT2D eigenvalue weighted by Gasteiger charge is 2.19. The number of piperazine rings is 1. The first-order valence-corrected chi connectivity index (χ1v) is 11.7. The molecule has 0 bridgehead atoms. The molecule has 2 aliphatic heterocycles. The third-order valence-corrected chi connectivity index (χ3v) is 6.27. The highest BCUT2D eigenvalue weighted by molar-refractivity contribution is 5.75. The van der Waals surface area contributed by atoms with E-state index in [9.17, 15) is 0 Å². The minimum Gasteiger partial charge on any atom is -0.494 e. The summed E-state index contributed by atoms with van der Waals surface area (Å²) in [6.45, 7) is 14.6. The summed E-state index contributed by atoms with van der Waals surface area (Å²) >= 11 is 0. The van der Waals surface area contributed by atoms with Crippen molar-refractivity contribution < 1.29 is 4.74 Å². The van der Waals surface area contributed by atoms with Gasteiger partial charge in [0.15, 0.2) is 0 Å². The van der Waals surface area contributed by atoms with Gasteiger partial charge in [-0.1, -0.05) is 36.9 Å². The molecule has 32 heavy (non-hydrogen) atoms. The van der Waals surface area contributed by atoms with E-state index < -0.39 is 0 Å². The standard InChI is InChI=1S/C28H35N3O/c1-4-8-26-22(2)9-7-10-28(26)31-18-16-30(17-19-31)15-5-6-20-32-25-14-13-24-12-11-23(3)29-27(24)21-25/h4,7-14,21,29H,3,5-6,15-20H2,1-2H3/b8-4-. The van der Waals surface area contributed by atoms with Gasteiger partial charge in [0.1, 0.15) is 5.75 Å². The Morgan fingerprint density at radius 1 is 1.06 bits per heavy atom. The second-order valence-corrected chi connectivity index (χ2v) is 8.62. The largest absolute Gasteiger partial charge is 0.494 e. The first kappa shape index (κ1) is 22.2. The Morgan fingerprint density at radius 3 is 2.72 bits per heavy atom. The van der Waals surface area contributed by atoms with Crippen molar-refractivity contribution in [2.45, 2.75) is 26.7 Å². The Balaban J connectivity index is 1.18. The van der Waals surface area contributed by atoms with Crippen LogP contribution >= 0.6 is 0 Å². The summed E-state index contributed by atoms with van der Waals surface area (Å²) in [6.07, 6.45) is 10.7. The Bertz CT molecular complexity index is 1000. The first-order chi connectivity index (χ1) is 15.6. The van der Waals surface area contributed by atoms with Crippen LogP contribution in [0.4, 0.5) is 11.4 Å². The summed E-state index contributed by atoms with van der Waals surface area (Å²) in [5.41, 5.74) is 7.23. The fraction of sp³-hybridized carbons (Fsp3) is 0.357. The van der Waals surface area contributed by atoms with Gasteiger partial charge in [0.25, 0.3) is 0 Å². The first-order valence-electron chi connectivity index (χ1n) is 11.7. The average molecular weight is 430 g/mol. The molecule has 0 spiro atoms. The molecule has 0 atom stereocenters. The lowest BCUT2D eigenvalue weighted by Crippen LogP contribution is -2.46. The van der Waals surface area contributed by atoms with Gasteiger partial charge in [0.05, 0.1) is 6.61 Å². The number of allylic oxidation sites excluding steroid dienone is 2. The van der Waals surface area contributed by atoms with Crippen molar-refractivity contribution in [1.29, 1.82) is 0 Å². The molecule has 1 saturated heterocycles. The lowest BCUT2D eigenvalue weighted by atomic mass is 10.0. The van der Waals surface area contributed by atoms with Gasteiger partial charge < -0.3 is 15.0 Å². The number of fused-ring (bicyclic) bond motifs is 1. The maximum atomic E-state index is 5.99. The second kappa shape index (κ2) is 10.6. The predicted octanol–water partition coefficient (Wildman–Crippen LogP) is 5.96. The minimum atomic E-state index is 0.755. The normalized spacial score (nSPS) is 16.3. The fourth-order valence-corrected chi connectivity index (χ4v) is 4.45. The monoisotopic (exact) mass is 429 g/mol. The molecule has 0 aromatic heterocycles. The summed E-state index contributed by atoms with van der Waals surface area (Å²) in [4.78, 5) is 5.12. The van der Waals surface area contributed by atoms with Crippen LogP contribution in [-0.2, 0) is 0 Å². The Kier molecular flexibility index (Phi) is 7.33. The van der Waals surface area contributed by atoms with Crippen molar-refractivity contribution >= 4 is 23.5 Å². The molecule has 0 unspecified atom stereocenters. The van der Waals surface area contributed by atoms with E-state index in [1.807, 2.05) is 12.1 Å². The van der Waals surface area contributed by atoms with Crippen LogP contribution < -0.4 is 15.0 Å². The number of benzene rings is 2. The number of hydrogen-bond donors (Lipinski definition) is 1. The summed E-state index contributed by atoms with van der Waals surface area (Å²) < 4.78 is 5.99. The molecular weight excluding hydrogens is 394 g/mol. The molecule has 2 heterocycles. The molecule has 4 nitrogen and oxygen atoms in total. The lowest BCUT2D eigenvalue weighted by molar-refractivity contribution is 0.238. The zero-order valence-corrected chi connectivity index (χ0v) is 19.4. The maximum absolute atomic E-state index is 5.99. The molecule has 0 amide bonds. The number of ether oxygens (including phenoxy) is 1. The molecule has 0 saturated carbocycles. The summed E-state index contributed by atoms with van der Waals surface area (Å²) in [7, 11) is 0. The number of rotatable bonds is 8. The molecule has 168 valence electrons. The fourth-order valence-electron chi connectivity index (χ4n) is 4.45. The zero-order valence-electron chi connectivity index (χ0n) is 19.4. The van der Waals surface area contributed by atoms with Crippen molar-refractivity contribution in [1.82, 2.24) is 4.90 Å². The number of nitrogens with one attached hydrogen (secondary N) is 1. The topological polar surface area (TPSA) is 27.7 Å². The molecule has 4 heteroatoms. The smallest absolute Gasteiger partial charge is 0.121 e. The minimum absolute atomic E-state index is 0.755. The number of nitrogens with zero attached hydrogens (tertiary/aromatic N) is 2. The lowest BCUT2D eigenvalue weighted by Gasteiger charge is -2.37. The van der Waals surface area contributed by atoms with Gasteiger partial charge in [-0.15, -0.1) is 0 Å². The van der Waals surface area contributed by atoms with Crippen LogP contribution in [-0.4, -0.2) is 44.2 Å². The Morgan fingerprint density at radius 2 is 1.91 bits per heavy atom. The van der Waals surface area contributed by atoms with Crippen molar-refractivity contribution in [3.05, 3.63) is 77.5 Å². The third-order valence-electron chi connectivity index (χ3n) is 6.27. The van der Waals surface area contributed by atoms with E-state index in [2.05, 4.69) is 84.1 Å². The number of anilines is 2. The summed E-state index contributed by atoms with van der Waals surface area (Å²) in [6, 6.07) is 12.8. The van der Waals surface area contributed by atoms with Gasteiger partial charge in [0.2, 0.25) is 0 Å². The van der Waals surface area contributed by atoms with E-state index in [4.69, 9.17) is 4.74 Å². The number of aryl methyl sites for hydroxylation is 1. The second-order valence-electron chi connectivity index (χ2n) is 8.62. The van der Waals surface area contributed by atoms with Crippen LogP contribution in [0.1, 0.15) is 36.5 Å². The molecule has 1 N–H and O–H groups in total. The van der Waals surface area contributed by atoms with Gasteiger partial charge >= 0.3 is 0 Å². The van der Waals surface area contributed by atoms with E-state index in [0.717, 1.165) is 69.3 Å². The Hall–Kier alpha value is -2.98. The predicted molar refractivity (Wildman–Crippen MR) is 138 cm³/mol. The van der Waals surface area contributed by atoms with Gasteiger partial charge in [-0.25, -0.2) is 0 Å². The number of hydrogen-bond acceptors (Lipinski definition) is 4. The molecule has 1 fully saturated rings. The third kappa shape index (κ3) is 5.43. The van der Waals surface area contributed by atoms with Gasteiger partial charge in [-0.2, -0.15) is 0 Å². The molecule has 2 aromatic carbocycles. The molecule has 0 radical (unpaired) electrons. The summed E-state index contributed by atoms with van der Waals surface area (Å²) in [5.74, 6) is 0.919. The van der Waals surface area contributed by atoms with E-state index in [1.165, 1.54) is 22.4 Å². The van der Waals surface area contributed by atoms with Crippen LogP contribution in [0.3, 0.4) is 0 Å². The Labute approximate surface area is 192 Å². The van der Waals surface area contributed by atoms with E-state index in [-0.39, 0.29) is 0 Å². The maximum Gasteiger partial charge on any atom is 0.121 e. The van der Waals surface area contributed by atoms with Gasteiger partial charge in [-0.05, 0) is 68.6 Å². The van der Waals surface area contributed by atoms with E-state index in [1.54, 1.807) is 0 Å². The van der Waals surface area contributed by atoms with Gasteiger partial charge in [0, 0.05) is 54.9 Å². The van der Waals surface area contributed by atoms with Crippen molar-refractivity contribution in [2.24, 2.45) is 0 Å². The van der Waals surface area contributed by atoms with Crippen LogP contribution in [0.15, 0.2) is 60.8 Å². The number of unbranched alkanes of at least 4 members (excludes halogenated alkanes) is 1. The summed E-state index contributed by atoms with van der Waals surface area (Å²) in [5, 5.41) is 3.30. The van der Waals surface area contributed by atoms with Crippen molar-refractivity contribution in [3.63, 3.8) is 0 Å². The molecule has 2 aliphatic rings. The molecule has 0 aliphatic carbocycles. The van der Waals surface area contributed by atoms with Crippen LogP contribution in [0.2, 0.25) is 0 Å². The van der Waals surface area contributed by atoms with Crippen LogP contribution in [0.25, 0.3) is 12.2 Å². The highest BCUT2D eigenvalue weighted by atomic mass is 16.5. The van der Waals surface area contributed by atoms with Crippen molar-refractivity contribution in [3.8, 4) is 5.75 Å². The quantitative estimate of drug-likeness (QED) is 0.524. The SMILES string of the molecule is C=C1C=Cc2ccc(OCCCCN3CCN(c4cccc(C)c4/C=C\C)CC3)cc2N1. The molecule has 2 aromatic rings. The molecule has 4 rings (SSSR count). The van der Waals surface area contributed by atoms with E-state index in [0.29, 0.717) is 0 Å². The van der Waals surface area contributed by atoms with Crippen LogP contribution in [0, 0.1) is 6.92 Å². The average Bonchev–Trinajstić information content (AvgIpc) is 2.80. The van der Waals surface area contributed by atoms with Crippen LogP contribution in [0.5, 0.6) is 5.75 Å². The highest BCUT2D eigenvalue weighted by Crippen LogP contribution is 2.29. The molecular formula is C28H35N3O. The van der Waals surface area contributed by atoms with E-state index >= 15 is 0 Å². The van der Waals surface area contributed by atoms with Gasteiger partial charge in [-0.3, -0.25) is 4.90 Å².